The minimum Gasteiger partial charge on any atom is -0.482 e. The van der Waals surface area contributed by atoms with Gasteiger partial charge in [0.05, 0.1) is 0 Å². The van der Waals surface area contributed by atoms with Crippen molar-refractivity contribution >= 4 is 17.6 Å². The van der Waals surface area contributed by atoms with Gasteiger partial charge in [-0.3, -0.25) is 4.79 Å². The zero-order valence-corrected chi connectivity index (χ0v) is 15.0. The lowest BCUT2D eigenvalue weighted by atomic mass is 10.2. The SMILES string of the molecule is Cc1ccc(NC(=O)c2ccc(OCC(=O)OC(C)(C)C)cc2)cc1. The molecule has 25 heavy (non-hydrogen) atoms. The van der Waals surface area contributed by atoms with Gasteiger partial charge >= 0.3 is 5.97 Å². The van der Waals surface area contributed by atoms with Gasteiger partial charge in [0.15, 0.2) is 6.61 Å². The molecule has 2 aromatic carbocycles. The first-order valence-corrected chi connectivity index (χ1v) is 8.06. The number of rotatable bonds is 5. The highest BCUT2D eigenvalue weighted by Crippen LogP contribution is 2.15. The summed E-state index contributed by atoms with van der Waals surface area (Å²) < 4.78 is 10.5. The van der Waals surface area contributed by atoms with Crippen LogP contribution in [0.1, 0.15) is 36.7 Å². The number of hydrogen-bond donors (Lipinski definition) is 1. The lowest BCUT2D eigenvalue weighted by molar-refractivity contribution is -0.157. The van der Waals surface area contributed by atoms with Crippen molar-refractivity contribution < 1.29 is 19.1 Å². The maximum absolute atomic E-state index is 12.2. The van der Waals surface area contributed by atoms with Crippen molar-refractivity contribution in [3.05, 3.63) is 59.7 Å². The van der Waals surface area contributed by atoms with Crippen LogP contribution in [0.25, 0.3) is 0 Å². The first kappa shape index (κ1) is 18.5. The lowest BCUT2D eigenvalue weighted by Crippen LogP contribution is -2.27. The minimum atomic E-state index is -0.543. The van der Waals surface area contributed by atoms with Crippen LogP contribution in [-0.2, 0) is 9.53 Å². The number of benzene rings is 2. The molecule has 0 saturated heterocycles. The Morgan fingerprint density at radius 3 is 2.12 bits per heavy atom. The highest BCUT2D eigenvalue weighted by atomic mass is 16.6. The summed E-state index contributed by atoms with van der Waals surface area (Å²) in [6.07, 6.45) is 0. The van der Waals surface area contributed by atoms with Gasteiger partial charge in [-0.2, -0.15) is 0 Å². The minimum absolute atomic E-state index is 0.174. The standard InChI is InChI=1S/C20H23NO4/c1-14-5-9-16(10-6-14)21-19(23)15-7-11-17(12-8-15)24-13-18(22)25-20(2,3)4/h5-12H,13H2,1-4H3,(H,21,23). The van der Waals surface area contributed by atoms with Crippen LogP contribution in [0.3, 0.4) is 0 Å². The Balaban J connectivity index is 1.89. The monoisotopic (exact) mass is 341 g/mol. The maximum Gasteiger partial charge on any atom is 0.344 e. The smallest absolute Gasteiger partial charge is 0.344 e. The third-order valence-electron chi connectivity index (χ3n) is 3.20. The maximum atomic E-state index is 12.2. The third-order valence-corrected chi connectivity index (χ3v) is 3.20. The molecule has 0 saturated carbocycles. The number of amides is 1. The molecule has 0 spiro atoms. The Kier molecular flexibility index (Phi) is 5.80. The molecule has 0 bridgehead atoms. The lowest BCUT2D eigenvalue weighted by Gasteiger charge is -2.19. The predicted molar refractivity (Wildman–Crippen MR) is 96.9 cm³/mol. The summed E-state index contributed by atoms with van der Waals surface area (Å²) in [5, 5.41) is 2.83. The zero-order valence-electron chi connectivity index (χ0n) is 15.0. The second-order valence-electron chi connectivity index (χ2n) is 6.72. The molecule has 0 radical (unpaired) electrons. The molecule has 0 atom stereocenters. The van der Waals surface area contributed by atoms with Gasteiger partial charge in [0.25, 0.3) is 5.91 Å². The van der Waals surface area contributed by atoms with Crippen molar-refractivity contribution in [2.24, 2.45) is 0 Å². The summed E-state index contributed by atoms with van der Waals surface area (Å²) in [7, 11) is 0. The van der Waals surface area contributed by atoms with E-state index in [0.717, 1.165) is 11.3 Å². The van der Waals surface area contributed by atoms with Crippen LogP contribution in [0.15, 0.2) is 48.5 Å². The summed E-state index contributed by atoms with van der Waals surface area (Å²) in [6, 6.07) is 14.2. The number of aryl methyl sites for hydroxylation is 1. The van der Waals surface area contributed by atoms with Crippen molar-refractivity contribution in [2.75, 3.05) is 11.9 Å². The fourth-order valence-electron chi connectivity index (χ4n) is 2.06. The Hall–Kier alpha value is -2.82. The Bertz CT molecular complexity index is 728. The summed E-state index contributed by atoms with van der Waals surface area (Å²) in [6.45, 7) is 7.21. The molecule has 5 nitrogen and oxygen atoms in total. The van der Waals surface area contributed by atoms with E-state index in [9.17, 15) is 9.59 Å². The van der Waals surface area contributed by atoms with E-state index in [1.165, 1.54) is 0 Å². The van der Waals surface area contributed by atoms with E-state index in [-0.39, 0.29) is 12.5 Å². The predicted octanol–water partition coefficient (Wildman–Crippen LogP) is 3.97. The van der Waals surface area contributed by atoms with E-state index >= 15 is 0 Å². The average Bonchev–Trinajstić information content (AvgIpc) is 2.54. The van der Waals surface area contributed by atoms with E-state index in [0.29, 0.717) is 11.3 Å². The third kappa shape index (κ3) is 6.30. The molecule has 0 aliphatic rings. The summed E-state index contributed by atoms with van der Waals surface area (Å²) in [4.78, 5) is 23.8. The largest absolute Gasteiger partial charge is 0.482 e. The van der Waals surface area contributed by atoms with Crippen LogP contribution in [0, 0.1) is 6.92 Å². The second-order valence-corrected chi connectivity index (χ2v) is 6.72. The van der Waals surface area contributed by atoms with Crippen LogP contribution in [-0.4, -0.2) is 24.1 Å². The Morgan fingerprint density at radius 1 is 0.960 bits per heavy atom. The quantitative estimate of drug-likeness (QED) is 0.836. The Labute approximate surface area is 148 Å². The number of hydrogen-bond acceptors (Lipinski definition) is 4. The fourth-order valence-corrected chi connectivity index (χ4v) is 2.06. The van der Waals surface area contributed by atoms with Gasteiger partial charge in [0.1, 0.15) is 11.4 Å². The molecule has 0 heterocycles. The van der Waals surface area contributed by atoms with Crippen molar-refractivity contribution in [2.45, 2.75) is 33.3 Å². The molecule has 0 aliphatic carbocycles. The molecule has 1 amide bonds. The van der Waals surface area contributed by atoms with E-state index in [1.807, 2.05) is 31.2 Å². The van der Waals surface area contributed by atoms with Gasteiger partial charge in [-0.15, -0.1) is 0 Å². The first-order valence-electron chi connectivity index (χ1n) is 8.06. The number of carbonyl (C=O) groups excluding carboxylic acids is 2. The molecular formula is C20H23NO4. The van der Waals surface area contributed by atoms with Crippen molar-refractivity contribution in [3.8, 4) is 5.75 Å². The van der Waals surface area contributed by atoms with E-state index in [1.54, 1.807) is 45.0 Å². The van der Waals surface area contributed by atoms with Gasteiger partial charge in [0, 0.05) is 11.3 Å². The van der Waals surface area contributed by atoms with Gasteiger partial charge in [-0.25, -0.2) is 4.79 Å². The highest BCUT2D eigenvalue weighted by Gasteiger charge is 2.16. The van der Waals surface area contributed by atoms with E-state index in [2.05, 4.69) is 5.32 Å². The van der Waals surface area contributed by atoms with Crippen LogP contribution in [0.2, 0.25) is 0 Å². The molecule has 0 aromatic heterocycles. The molecule has 0 aliphatic heterocycles. The number of nitrogens with one attached hydrogen (secondary N) is 1. The molecule has 2 aromatic rings. The molecule has 132 valence electrons. The Morgan fingerprint density at radius 2 is 1.56 bits per heavy atom. The topological polar surface area (TPSA) is 64.6 Å². The number of anilines is 1. The van der Waals surface area contributed by atoms with Crippen LogP contribution in [0.5, 0.6) is 5.75 Å². The second kappa shape index (κ2) is 7.83. The van der Waals surface area contributed by atoms with Gasteiger partial charge in [0.2, 0.25) is 0 Å². The average molecular weight is 341 g/mol. The van der Waals surface area contributed by atoms with Gasteiger partial charge in [-0.1, -0.05) is 17.7 Å². The van der Waals surface area contributed by atoms with E-state index < -0.39 is 11.6 Å². The first-order chi connectivity index (χ1) is 11.7. The summed E-state index contributed by atoms with van der Waals surface area (Å²) >= 11 is 0. The fraction of sp³-hybridized carbons (Fsp3) is 0.300. The van der Waals surface area contributed by atoms with Crippen LogP contribution in [0.4, 0.5) is 5.69 Å². The highest BCUT2D eigenvalue weighted by molar-refractivity contribution is 6.04. The molecular weight excluding hydrogens is 318 g/mol. The van der Waals surface area contributed by atoms with Crippen LogP contribution < -0.4 is 10.1 Å². The molecule has 2 rings (SSSR count). The summed E-state index contributed by atoms with van der Waals surface area (Å²) in [5.74, 6) is -0.144. The van der Waals surface area contributed by atoms with E-state index in [4.69, 9.17) is 9.47 Å². The van der Waals surface area contributed by atoms with Crippen molar-refractivity contribution in [3.63, 3.8) is 0 Å². The van der Waals surface area contributed by atoms with Gasteiger partial charge in [-0.05, 0) is 64.1 Å². The number of esters is 1. The number of ether oxygens (including phenoxy) is 2. The molecule has 1 N–H and O–H groups in total. The normalized spacial score (nSPS) is 10.9. The number of carbonyl (C=O) groups is 2. The van der Waals surface area contributed by atoms with Gasteiger partial charge < -0.3 is 14.8 Å². The molecule has 5 heteroatoms. The van der Waals surface area contributed by atoms with Crippen molar-refractivity contribution in [1.82, 2.24) is 0 Å². The van der Waals surface area contributed by atoms with Crippen molar-refractivity contribution in [1.29, 1.82) is 0 Å². The molecule has 0 fully saturated rings. The summed E-state index contributed by atoms with van der Waals surface area (Å²) in [5.41, 5.74) is 1.83. The molecule has 0 unspecified atom stereocenters. The zero-order chi connectivity index (χ0) is 18.4. The van der Waals surface area contributed by atoms with Crippen LogP contribution >= 0.6 is 0 Å².